The van der Waals surface area contributed by atoms with E-state index in [-0.39, 0.29) is 18.9 Å². The molecule has 0 spiro atoms. The van der Waals surface area contributed by atoms with Gasteiger partial charge in [0, 0.05) is 13.0 Å². The number of carboxylic acid groups (broad SMARTS) is 1. The third-order valence-electron chi connectivity index (χ3n) is 4.65. The number of hydrogen-bond donors (Lipinski definition) is 1. The summed E-state index contributed by atoms with van der Waals surface area (Å²) in [4.78, 5) is 25.4. The average molecular weight is 474 g/mol. The van der Waals surface area contributed by atoms with E-state index in [2.05, 4.69) is 0 Å². The van der Waals surface area contributed by atoms with Crippen molar-refractivity contribution in [2.45, 2.75) is 19.4 Å². The normalized spacial score (nSPS) is 14.7. The van der Waals surface area contributed by atoms with Gasteiger partial charge in [-0.05, 0) is 35.8 Å². The van der Waals surface area contributed by atoms with Gasteiger partial charge in [-0.25, -0.2) is 0 Å². The summed E-state index contributed by atoms with van der Waals surface area (Å²) in [7, 11) is 3.07. The number of carbonyl (C=O) groups excluding carboxylic acids is 1. The molecule has 0 saturated carbocycles. The molecule has 1 amide bonds. The minimum absolute atomic E-state index is 0.0199. The number of thiocarbonyl (C=S) groups is 1. The van der Waals surface area contributed by atoms with Crippen LogP contribution in [0.5, 0.6) is 17.2 Å². The average Bonchev–Trinajstić information content (AvgIpc) is 3.05. The Kier molecular flexibility index (Phi) is 8.13. The van der Waals surface area contributed by atoms with Crippen LogP contribution in [0.15, 0.2) is 47.4 Å². The highest BCUT2D eigenvalue weighted by atomic mass is 32.2. The molecular weight excluding hydrogens is 450 g/mol. The van der Waals surface area contributed by atoms with Crippen LogP contribution in [0.1, 0.15) is 24.0 Å². The molecule has 0 unspecified atom stereocenters. The first-order chi connectivity index (χ1) is 15.4. The molecule has 1 N–H and O–H groups in total. The number of rotatable bonds is 10. The summed E-state index contributed by atoms with van der Waals surface area (Å²) in [5.74, 6) is 0.271. The SMILES string of the molecule is COc1cc(/C=C2\SC(=S)N(CCCC(=O)O)C2=O)cc(OCc2ccccc2)c1OC. The second-order valence-corrected chi connectivity index (χ2v) is 8.54. The third kappa shape index (κ3) is 5.80. The zero-order valence-corrected chi connectivity index (χ0v) is 19.3. The Labute approximate surface area is 196 Å². The van der Waals surface area contributed by atoms with Crippen molar-refractivity contribution in [1.29, 1.82) is 0 Å². The Morgan fingerprint density at radius 3 is 2.53 bits per heavy atom. The number of carbonyl (C=O) groups is 2. The van der Waals surface area contributed by atoms with Crippen molar-refractivity contribution in [3.8, 4) is 17.2 Å². The summed E-state index contributed by atoms with van der Waals surface area (Å²) in [5, 5.41) is 8.81. The van der Waals surface area contributed by atoms with E-state index in [1.165, 1.54) is 30.9 Å². The van der Waals surface area contributed by atoms with Crippen LogP contribution in [-0.4, -0.2) is 47.0 Å². The van der Waals surface area contributed by atoms with E-state index in [0.29, 0.717) is 45.1 Å². The highest BCUT2D eigenvalue weighted by Gasteiger charge is 2.31. The predicted octanol–water partition coefficient (Wildman–Crippen LogP) is 4.35. The molecule has 0 atom stereocenters. The van der Waals surface area contributed by atoms with E-state index in [9.17, 15) is 9.59 Å². The number of hydrogen-bond acceptors (Lipinski definition) is 7. The lowest BCUT2D eigenvalue weighted by molar-refractivity contribution is -0.137. The quantitative estimate of drug-likeness (QED) is 0.403. The van der Waals surface area contributed by atoms with Crippen LogP contribution in [0.2, 0.25) is 0 Å². The van der Waals surface area contributed by atoms with Crippen molar-refractivity contribution in [1.82, 2.24) is 4.90 Å². The predicted molar refractivity (Wildman–Crippen MR) is 127 cm³/mol. The zero-order valence-electron chi connectivity index (χ0n) is 17.7. The molecule has 1 saturated heterocycles. The fourth-order valence-electron chi connectivity index (χ4n) is 3.11. The number of aliphatic carboxylic acids is 1. The molecular formula is C23H23NO6S2. The van der Waals surface area contributed by atoms with Gasteiger partial charge in [0.25, 0.3) is 5.91 Å². The summed E-state index contributed by atoms with van der Waals surface area (Å²) in [5.41, 5.74) is 1.69. The standard InChI is InChI=1S/C23H23NO6S2/c1-28-17-11-16(12-18(21(17)29-2)30-14-15-7-4-3-5-8-15)13-19-22(27)24(23(31)32-19)10-6-9-20(25)26/h3-5,7-8,11-13H,6,9-10,14H2,1-2H3,(H,25,26)/b19-13-. The van der Waals surface area contributed by atoms with Crippen molar-refractivity contribution in [2.24, 2.45) is 0 Å². The molecule has 168 valence electrons. The molecule has 9 heteroatoms. The summed E-state index contributed by atoms with van der Waals surface area (Å²) in [6.45, 7) is 0.612. The van der Waals surface area contributed by atoms with Gasteiger partial charge in [-0.1, -0.05) is 54.3 Å². The first-order valence-electron chi connectivity index (χ1n) is 9.83. The van der Waals surface area contributed by atoms with E-state index >= 15 is 0 Å². The van der Waals surface area contributed by atoms with E-state index in [0.717, 1.165) is 5.56 Å². The van der Waals surface area contributed by atoms with Crippen molar-refractivity contribution in [3.05, 3.63) is 58.5 Å². The molecule has 0 aromatic heterocycles. The van der Waals surface area contributed by atoms with Crippen LogP contribution in [0.4, 0.5) is 0 Å². The molecule has 32 heavy (non-hydrogen) atoms. The fraction of sp³-hybridized carbons (Fsp3) is 0.261. The monoisotopic (exact) mass is 473 g/mol. The zero-order chi connectivity index (χ0) is 23.1. The lowest BCUT2D eigenvalue weighted by Crippen LogP contribution is -2.29. The van der Waals surface area contributed by atoms with E-state index in [1.807, 2.05) is 30.3 Å². The number of methoxy groups -OCH3 is 2. The molecule has 1 aliphatic rings. The molecule has 0 radical (unpaired) electrons. The summed E-state index contributed by atoms with van der Waals surface area (Å²) < 4.78 is 17.3. The summed E-state index contributed by atoms with van der Waals surface area (Å²) in [6.07, 6.45) is 2.03. The van der Waals surface area contributed by atoms with Crippen LogP contribution in [-0.2, 0) is 16.2 Å². The summed E-state index contributed by atoms with van der Waals surface area (Å²) >= 11 is 6.49. The van der Waals surface area contributed by atoms with Gasteiger partial charge in [-0.15, -0.1) is 0 Å². The highest BCUT2D eigenvalue weighted by Crippen LogP contribution is 2.41. The van der Waals surface area contributed by atoms with Crippen LogP contribution in [0.3, 0.4) is 0 Å². The Morgan fingerprint density at radius 2 is 1.88 bits per heavy atom. The minimum Gasteiger partial charge on any atom is -0.493 e. The van der Waals surface area contributed by atoms with E-state index in [1.54, 1.807) is 18.2 Å². The first kappa shape index (κ1) is 23.6. The number of thioether (sulfide) groups is 1. The van der Waals surface area contributed by atoms with Gasteiger partial charge in [-0.3, -0.25) is 14.5 Å². The second-order valence-electron chi connectivity index (χ2n) is 6.86. The number of ether oxygens (including phenoxy) is 3. The second kappa shape index (κ2) is 11.0. The Bertz CT molecular complexity index is 1040. The maximum atomic E-state index is 12.8. The lowest BCUT2D eigenvalue weighted by atomic mass is 10.1. The minimum atomic E-state index is -0.903. The van der Waals surface area contributed by atoms with Gasteiger partial charge in [0.2, 0.25) is 5.75 Å². The van der Waals surface area contributed by atoms with Crippen molar-refractivity contribution in [2.75, 3.05) is 20.8 Å². The van der Waals surface area contributed by atoms with E-state index in [4.69, 9.17) is 31.5 Å². The Balaban J connectivity index is 1.83. The van der Waals surface area contributed by atoms with Crippen LogP contribution >= 0.6 is 24.0 Å². The van der Waals surface area contributed by atoms with Gasteiger partial charge in [0.15, 0.2) is 11.5 Å². The van der Waals surface area contributed by atoms with Gasteiger partial charge in [0.05, 0.1) is 19.1 Å². The van der Waals surface area contributed by atoms with E-state index < -0.39 is 5.97 Å². The van der Waals surface area contributed by atoms with Crippen LogP contribution in [0, 0.1) is 0 Å². The molecule has 0 aliphatic carbocycles. The molecule has 0 bridgehead atoms. The maximum absolute atomic E-state index is 12.8. The van der Waals surface area contributed by atoms with Gasteiger partial charge in [0.1, 0.15) is 10.9 Å². The van der Waals surface area contributed by atoms with Crippen molar-refractivity contribution in [3.63, 3.8) is 0 Å². The highest BCUT2D eigenvalue weighted by molar-refractivity contribution is 8.26. The van der Waals surface area contributed by atoms with Crippen molar-refractivity contribution < 1.29 is 28.9 Å². The molecule has 2 aromatic rings. The number of nitrogens with zero attached hydrogens (tertiary/aromatic N) is 1. The molecule has 1 fully saturated rings. The smallest absolute Gasteiger partial charge is 0.303 e. The largest absolute Gasteiger partial charge is 0.493 e. The van der Waals surface area contributed by atoms with Gasteiger partial charge in [-0.2, -0.15) is 0 Å². The topological polar surface area (TPSA) is 85.3 Å². The third-order valence-corrected chi connectivity index (χ3v) is 6.03. The van der Waals surface area contributed by atoms with Gasteiger partial charge < -0.3 is 19.3 Å². The molecule has 1 aliphatic heterocycles. The molecule has 7 nitrogen and oxygen atoms in total. The van der Waals surface area contributed by atoms with Crippen LogP contribution < -0.4 is 14.2 Å². The molecule has 1 heterocycles. The number of carboxylic acids is 1. The molecule has 2 aromatic carbocycles. The molecule has 3 rings (SSSR count). The Morgan fingerprint density at radius 1 is 1.16 bits per heavy atom. The fourth-order valence-corrected chi connectivity index (χ4v) is 4.42. The van der Waals surface area contributed by atoms with Gasteiger partial charge >= 0.3 is 5.97 Å². The number of benzene rings is 2. The maximum Gasteiger partial charge on any atom is 0.303 e. The first-order valence-corrected chi connectivity index (χ1v) is 11.0. The lowest BCUT2D eigenvalue weighted by Gasteiger charge is -2.15. The van der Waals surface area contributed by atoms with Crippen molar-refractivity contribution >= 4 is 46.3 Å². The van der Waals surface area contributed by atoms with Crippen LogP contribution in [0.25, 0.3) is 6.08 Å². The number of amides is 1. The summed E-state index contributed by atoms with van der Waals surface area (Å²) in [6, 6.07) is 13.3. The Hall–Kier alpha value is -3.04.